The Bertz CT molecular complexity index is 543. The lowest BCUT2D eigenvalue weighted by atomic mass is 10.2. The number of para-hydroxylation sites is 1. The molecule has 0 atom stereocenters. The SMILES string of the molecule is Nc1cnccc1C(=O)NCCOc1ccccc1. The van der Waals surface area contributed by atoms with Crippen molar-refractivity contribution in [3.8, 4) is 5.75 Å². The lowest BCUT2D eigenvalue weighted by Gasteiger charge is -2.08. The number of aromatic nitrogens is 1. The van der Waals surface area contributed by atoms with Crippen LogP contribution in [0.15, 0.2) is 48.8 Å². The van der Waals surface area contributed by atoms with Gasteiger partial charge >= 0.3 is 0 Å². The van der Waals surface area contributed by atoms with Gasteiger partial charge in [-0.15, -0.1) is 0 Å². The summed E-state index contributed by atoms with van der Waals surface area (Å²) in [6.45, 7) is 0.816. The fourth-order valence-corrected chi connectivity index (χ4v) is 1.56. The third-order valence-electron chi connectivity index (χ3n) is 2.50. The van der Waals surface area contributed by atoms with Gasteiger partial charge in [0.15, 0.2) is 0 Å². The lowest BCUT2D eigenvalue weighted by Crippen LogP contribution is -2.28. The molecule has 0 unspecified atom stereocenters. The summed E-state index contributed by atoms with van der Waals surface area (Å²) in [5.41, 5.74) is 6.45. The van der Waals surface area contributed by atoms with Crippen molar-refractivity contribution in [2.45, 2.75) is 0 Å². The van der Waals surface area contributed by atoms with Gasteiger partial charge in [-0.25, -0.2) is 0 Å². The van der Waals surface area contributed by atoms with Crippen LogP contribution in [0.3, 0.4) is 0 Å². The molecule has 0 saturated carbocycles. The molecule has 0 bridgehead atoms. The topological polar surface area (TPSA) is 77.2 Å². The lowest BCUT2D eigenvalue weighted by molar-refractivity contribution is 0.0948. The second-order valence-corrected chi connectivity index (χ2v) is 3.88. The highest BCUT2D eigenvalue weighted by Crippen LogP contribution is 2.09. The van der Waals surface area contributed by atoms with Crippen molar-refractivity contribution >= 4 is 11.6 Å². The number of amides is 1. The number of ether oxygens (including phenoxy) is 1. The van der Waals surface area contributed by atoms with Gasteiger partial charge in [-0.3, -0.25) is 9.78 Å². The van der Waals surface area contributed by atoms with Crippen molar-refractivity contribution in [3.63, 3.8) is 0 Å². The van der Waals surface area contributed by atoms with Crippen molar-refractivity contribution in [1.82, 2.24) is 10.3 Å². The molecule has 19 heavy (non-hydrogen) atoms. The Balaban J connectivity index is 1.77. The van der Waals surface area contributed by atoms with E-state index in [1.807, 2.05) is 30.3 Å². The molecule has 1 aromatic carbocycles. The van der Waals surface area contributed by atoms with E-state index in [1.165, 1.54) is 12.4 Å². The third kappa shape index (κ3) is 3.70. The first-order valence-corrected chi connectivity index (χ1v) is 5.93. The van der Waals surface area contributed by atoms with E-state index in [0.717, 1.165) is 5.75 Å². The predicted molar refractivity (Wildman–Crippen MR) is 72.9 cm³/mol. The Labute approximate surface area is 111 Å². The molecular weight excluding hydrogens is 242 g/mol. The van der Waals surface area contributed by atoms with E-state index in [0.29, 0.717) is 24.4 Å². The summed E-state index contributed by atoms with van der Waals surface area (Å²) in [7, 11) is 0. The molecule has 0 saturated heterocycles. The summed E-state index contributed by atoms with van der Waals surface area (Å²) < 4.78 is 5.46. The summed E-state index contributed by atoms with van der Waals surface area (Å²) in [6.07, 6.45) is 2.99. The average molecular weight is 257 g/mol. The quantitative estimate of drug-likeness (QED) is 0.795. The van der Waals surface area contributed by atoms with E-state index in [2.05, 4.69) is 10.3 Å². The highest BCUT2D eigenvalue weighted by molar-refractivity contribution is 5.98. The molecule has 0 aliphatic rings. The summed E-state index contributed by atoms with van der Waals surface area (Å²) in [4.78, 5) is 15.6. The molecule has 1 aromatic heterocycles. The third-order valence-corrected chi connectivity index (χ3v) is 2.50. The average Bonchev–Trinajstić information content (AvgIpc) is 2.45. The largest absolute Gasteiger partial charge is 0.492 e. The molecule has 0 aliphatic carbocycles. The predicted octanol–water partition coefficient (Wildman–Crippen LogP) is 1.47. The number of carbonyl (C=O) groups is 1. The molecule has 0 aliphatic heterocycles. The van der Waals surface area contributed by atoms with Crippen LogP contribution in [-0.4, -0.2) is 24.0 Å². The first-order valence-electron chi connectivity index (χ1n) is 5.93. The van der Waals surface area contributed by atoms with E-state index in [1.54, 1.807) is 6.07 Å². The van der Waals surface area contributed by atoms with Crippen LogP contribution >= 0.6 is 0 Å². The van der Waals surface area contributed by atoms with Gasteiger partial charge < -0.3 is 15.8 Å². The molecule has 5 heteroatoms. The molecule has 5 nitrogen and oxygen atoms in total. The standard InChI is InChI=1S/C14H15N3O2/c15-13-10-16-7-6-12(13)14(18)17-8-9-19-11-4-2-1-3-5-11/h1-7,10H,8-9,15H2,(H,17,18). The van der Waals surface area contributed by atoms with E-state index in [-0.39, 0.29) is 5.91 Å². The zero-order chi connectivity index (χ0) is 13.5. The molecule has 1 heterocycles. The molecule has 0 radical (unpaired) electrons. The maximum absolute atomic E-state index is 11.8. The Morgan fingerprint density at radius 2 is 2.05 bits per heavy atom. The molecule has 3 N–H and O–H groups in total. The summed E-state index contributed by atoms with van der Waals surface area (Å²) in [5, 5.41) is 2.74. The number of hydrogen-bond acceptors (Lipinski definition) is 4. The van der Waals surface area contributed by atoms with Crippen molar-refractivity contribution in [3.05, 3.63) is 54.4 Å². The summed E-state index contributed by atoms with van der Waals surface area (Å²) in [5.74, 6) is 0.553. The molecule has 1 amide bonds. The molecular formula is C14H15N3O2. The number of carbonyl (C=O) groups excluding carboxylic acids is 1. The molecule has 2 rings (SSSR count). The van der Waals surface area contributed by atoms with Crippen molar-refractivity contribution in [2.75, 3.05) is 18.9 Å². The normalized spacial score (nSPS) is 9.89. The molecule has 0 spiro atoms. The first kappa shape index (κ1) is 12.9. The molecule has 2 aromatic rings. The minimum Gasteiger partial charge on any atom is -0.492 e. The smallest absolute Gasteiger partial charge is 0.253 e. The summed E-state index contributed by atoms with van der Waals surface area (Å²) in [6, 6.07) is 11.0. The van der Waals surface area contributed by atoms with Gasteiger partial charge in [-0.05, 0) is 18.2 Å². The van der Waals surface area contributed by atoms with Crippen LogP contribution in [0.1, 0.15) is 10.4 Å². The van der Waals surface area contributed by atoms with E-state index < -0.39 is 0 Å². The first-order chi connectivity index (χ1) is 9.27. The minimum absolute atomic E-state index is 0.225. The van der Waals surface area contributed by atoms with E-state index in [4.69, 9.17) is 10.5 Å². The number of nitrogen functional groups attached to an aromatic ring is 1. The van der Waals surface area contributed by atoms with Crippen LogP contribution in [0.5, 0.6) is 5.75 Å². The van der Waals surface area contributed by atoms with Gasteiger partial charge in [0, 0.05) is 6.20 Å². The maximum Gasteiger partial charge on any atom is 0.253 e. The number of nitrogens with two attached hydrogens (primary N) is 1. The molecule has 98 valence electrons. The molecule has 0 fully saturated rings. The number of pyridine rings is 1. The van der Waals surface area contributed by atoms with Gasteiger partial charge in [0.1, 0.15) is 12.4 Å². The maximum atomic E-state index is 11.8. The Morgan fingerprint density at radius 1 is 1.26 bits per heavy atom. The van der Waals surface area contributed by atoms with Crippen LogP contribution in [-0.2, 0) is 0 Å². The fraction of sp³-hybridized carbons (Fsp3) is 0.143. The van der Waals surface area contributed by atoms with Crippen LogP contribution in [0, 0.1) is 0 Å². The highest BCUT2D eigenvalue weighted by atomic mass is 16.5. The van der Waals surface area contributed by atoms with Gasteiger partial charge in [0.05, 0.1) is 24.0 Å². The van der Waals surface area contributed by atoms with Crippen LogP contribution in [0.2, 0.25) is 0 Å². The van der Waals surface area contributed by atoms with Gasteiger partial charge in [-0.1, -0.05) is 18.2 Å². The van der Waals surface area contributed by atoms with Crippen molar-refractivity contribution < 1.29 is 9.53 Å². The van der Waals surface area contributed by atoms with E-state index >= 15 is 0 Å². The van der Waals surface area contributed by atoms with Gasteiger partial charge in [-0.2, -0.15) is 0 Å². The monoisotopic (exact) mass is 257 g/mol. The fourth-order valence-electron chi connectivity index (χ4n) is 1.56. The second kappa shape index (κ2) is 6.39. The second-order valence-electron chi connectivity index (χ2n) is 3.88. The van der Waals surface area contributed by atoms with E-state index in [9.17, 15) is 4.79 Å². The minimum atomic E-state index is -0.225. The number of hydrogen-bond donors (Lipinski definition) is 2. The van der Waals surface area contributed by atoms with Crippen molar-refractivity contribution in [2.24, 2.45) is 0 Å². The van der Waals surface area contributed by atoms with Gasteiger partial charge in [0.25, 0.3) is 5.91 Å². The number of anilines is 1. The number of rotatable bonds is 5. The number of benzene rings is 1. The zero-order valence-electron chi connectivity index (χ0n) is 10.4. The highest BCUT2D eigenvalue weighted by Gasteiger charge is 2.08. The Hall–Kier alpha value is -2.56. The van der Waals surface area contributed by atoms with Crippen LogP contribution in [0.25, 0.3) is 0 Å². The number of nitrogens with zero attached hydrogens (tertiary/aromatic N) is 1. The van der Waals surface area contributed by atoms with Crippen LogP contribution in [0.4, 0.5) is 5.69 Å². The summed E-state index contributed by atoms with van der Waals surface area (Å²) >= 11 is 0. The zero-order valence-corrected chi connectivity index (χ0v) is 10.4. The van der Waals surface area contributed by atoms with Crippen LogP contribution < -0.4 is 15.8 Å². The van der Waals surface area contributed by atoms with Crippen molar-refractivity contribution in [1.29, 1.82) is 0 Å². The Kier molecular flexibility index (Phi) is 4.34. The Morgan fingerprint density at radius 3 is 2.79 bits per heavy atom. The number of nitrogens with one attached hydrogen (secondary N) is 1. The van der Waals surface area contributed by atoms with Gasteiger partial charge in [0.2, 0.25) is 0 Å².